The van der Waals surface area contributed by atoms with Gasteiger partial charge in [-0.25, -0.2) is 0 Å². The van der Waals surface area contributed by atoms with Crippen molar-refractivity contribution in [1.82, 2.24) is 4.98 Å². The van der Waals surface area contributed by atoms with Crippen molar-refractivity contribution >= 4 is 0 Å². The molecular formula is C11H15NO. The van der Waals surface area contributed by atoms with Gasteiger partial charge >= 0.3 is 0 Å². The molecular weight excluding hydrogens is 162 g/mol. The van der Waals surface area contributed by atoms with Crippen molar-refractivity contribution in [2.24, 2.45) is 0 Å². The second-order valence-electron chi connectivity index (χ2n) is 3.79. The monoisotopic (exact) mass is 177 g/mol. The smallest absolute Gasteiger partial charge is 0.0720 e. The summed E-state index contributed by atoms with van der Waals surface area (Å²) in [5.41, 5.74) is 3.99. The normalized spacial score (nSPS) is 15.9. The summed E-state index contributed by atoms with van der Waals surface area (Å²) < 4.78 is 5.40. The third kappa shape index (κ3) is 1.59. The maximum absolute atomic E-state index is 5.40. The minimum atomic E-state index is 0.521. The van der Waals surface area contributed by atoms with Gasteiger partial charge in [-0.1, -0.05) is 13.8 Å². The van der Waals surface area contributed by atoms with Crippen molar-refractivity contribution in [3.05, 3.63) is 29.1 Å². The summed E-state index contributed by atoms with van der Waals surface area (Å²) in [6.07, 6.45) is 2.92. The first-order valence-corrected chi connectivity index (χ1v) is 4.83. The Morgan fingerprint density at radius 2 is 2.31 bits per heavy atom. The van der Waals surface area contributed by atoms with Gasteiger partial charge in [-0.2, -0.15) is 0 Å². The number of nitrogens with zero attached hydrogens (tertiary/aromatic N) is 1. The molecule has 0 radical (unpaired) electrons. The summed E-state index contributed by atoms with van der Waals surface area (Å²) in [5, 5.41) is 0. The lowest BCUT2D eigenvalue weighted by Crippen LogP contribution is -2.14. The molecule has 0 N–H and O–H groups in total. The summed E-state index contributed by atoms with van der Waals surface area (Å²) in [6, 6.07) is 2.07. The van der Waals surface area contributed by atoms with Crippen molar-refractivity contribution in [2.45, 2.75) is 32.8 Å². The molecule has 0 unspecified atom stereocenters. The second-order valence-corrected chi connectivity index (χ2v) is 3.79. The van der Waals surface area contributed by atoms with E-state index in [9.17, 15) is 0 Å². The van der Waals surface area contributed by atoms with Gasteiger partial charge in [-0.3, -0.25) is 4.98 Å². The Bertz CT molecular complexity index is 307. The Hall–Kier alpha value is -0.890. The van der Waals surface area contributed by atoms with Crippen molar-refractivity contribution < 1.29 is 4.74 Å². The zero-order valence-electron chi connectivity index (χ0n) is 8.21. The Morgan fingerprint density at radius 3 is 3.08 bits per heavy atom. The van der Waals surface area contributed by atoms with Crippen LogP contribution in [0.5, 0.6) is 0 Å². The molecule has 0 aromatic carbocycles. The van der Waals surface area contributed by atoms with Crippen molar-refractivity contribution in [1.29, 1.82) is 0 Å². The predicted molar refractivity (Wildman–Crippen MR) is 51.7 cm³/mol. The van der Waals surface area contributed by atoms with E-state index in [1.54, 1.807) is 0 Å². The van der Waals surface area contributed by atoms with Crippen molar-refractivity contribution in [3.8, 4) is 0 Å². The molecule has 2 heterocycles. The van der Waals surface area contributed by atoms with E-state index in [1.165, 1.54) is 16.8 Å². The molecule has 2 nitrogen and oxygen atoms in total. The lowest BCUT2D eigenvalue weighted by atomic mass is 9.96. The molecule has 1 aliphatic heterocycles. The van der Waals surface area contributed by atoms with Crippen molar-refractivity contribution in [2.75, 3.05) is 6.61 Å². The number of aromatic nitrogens is 1. The van der Waals surface area contributed by atoms with Crippen molar-refractivity contribution in [3.63, 3.8) is 0 Å². The molecule has 0 amide bonds. The summed E-state index contributed by atoms with van der Waals surface area (Å²) in [5.74, 6) is 0.521. The van der Waals surface area contributed by atoms with Gasteiger partial charge in [0.15, 0.2) is 0 Å². The van der Waals surface area contributed by atoms with Crippen LogP contribution in [0.4, 0.5) is 0 Å². The van der Waals surface area contributed by atoms with Crippen LogP contribution in [0.1, 0.15) is 36.6 Å². The fourth-order valence-corrected chi connectivity index (χ4v) is 1.83. The molecule has 0 aliphatic carbocycles. The maximum atomic E-state index is 5.40. The Morgan fingerprint density at radius 1 is 1.46 bits per heavy atom. The molecule has 1 aromatic rings. The van der Waals surface area contributed by atoms with Crippen LogP contribution in [0.15, 0.2) is 12.3 Å². The Balaban J connectivity index is 2.46. The van der Waals surface area contributed by atoms with Gasteiger partial charge in [-0.15, -0.1) is 0 Å². The van der Waals surface area contributed by atoms with E-state index in [4.69, 9.17) is 4.74 Å². The maximum Gasteiger partial charge on any atom is 0.0720 e. The summed E-state index contributed by atoms with van der Waals surface area (Å²) in [7, 11) is 0. The van der Waals surface area contributed by atoms with Crippen LogP contribution in [0.3, 0.4) is 0 Å². The number of rotatable bonds is 1. The largest absolute Gasteiger partial charge is 0.376 e. The van der Waals surface area contributed by atoms with Crippen LogP contribution in [0.2, 0.25) is 0 Å². The molecule has 2 heteroatoms. The summed E-state index contributed by atoms with van der Waals surface area (Å²) in [4.78, 5) is 4.44. The SMILES string of the molecule is CC(C)c1nccc2c1CCOC2. The lowest BCUT2D eigenvalue weighted by molar-refractivity contribution is 0.110. The number of hydrogen-bond acceptors (Lipinski definition) is 2. The third-order valence-electron chi connectivity index (χ3n) is 2.49. The Labute approximate surface area is 78.9 Å². The fraction of sp³-hybridized carbons (Fsp3) is 0.545. The zero-order chi connectivity index (χ0) is 9.26. The molecule has 0 atom stereocenters. The van der Waals surface area contributed by atoms with Crippen LogP contribution in [-0.4, -0.2) is 11.6 Å². The Kier molecular flexibility index (Phi) is 2.32. The van der Waals surface area contributed by atoms with Crippen LogP contribution in [-0.2, 0) is 17.8 Å². The highest BCUT2D eigenvalue weighted by atomic mass is 16.5. The highest BCUT2D eigenvalue weighted by molar-refractivity contribution is 5.32. The molecule has 0 bridgehead atoms. The highest BCUT2D eigenvalue weighted by Crippen LogP contribution is 2.24. The zero-order valence-corrected chi connectivity index (χ0v) is 8.21. The van der Waals surface area contributed by atoms with Gasteiger partial charge in [0.1, 0.15) is 0 Å². The molecule has 0 fully saturated rings. The topological polar surface area (TPSA) is 22.1 Å². The standard InChI is InChI=1S/C11H15NO/c1-8(2)11-10-4-6-13-7-9(10)3-5-12-11/h3,5,8H,4,6-7H2,1-2H3. The molecule has 0 saturated heterocycles. The number of ether oxygens (including phenoxy) is 1. The van der Waals surface area contributed by atoms with Crippen LogP contribution in [0, 0.1) is 0 Å². The average Bonchev–Trinajstić information content (AvgIpc) is 2.17. The van der Waals surface area contributed by atoms with Crippen LogP contribution >= 0.6 is 0 Å². The highest BCUT2D eigenvalue weighted by Gasteiger charge is 2.15. The number of pyridine rings is 1. The van der Waals surface area contributed by atoms with Gasteiger partial charge in [0.2, 0.25) is 0 Å². The quantitative estimate of drug-likeness (QED) is 0.656. The van der Waals surface area contributed by atoms with Gasteiger partial charge in [0.25, 0.3) is 0 Å². The van der Waals surface area contributed by atoms with Gasteiger partial charge in [0.05, 0.1) is 13.2 Å². The lowest BCUT2D eigenvalue weighted by Gasteiger charge is -2.20. The first-order valence-electron chi connectivity index (χ1n) is 4.83. The van der Waals surface area contributed by atoms with Gasteiger partial charge < -0.3 is 4.74 Å². The van der Waals surface area contributed by atoms with Crippen LogP contribution < -0.4 is 0 Å². The molecule has 70 valence electrons. The average molecular weight is 177 g/mol. The fourth-order valence-electron chi connectivity index (χ4n) is 1.83. The van der Waals surface area contributed by atoms with E-state index in [-0.39, 0.29) is 0 Å². The first kappa shape index (κ1) is 8.70. The van der Waals surface area contributed by atoms with E-state index in [2.05, 4.69) is 24.9 Å². The molecule has 0 spiro atoms. The van der Waals surface area contributed by atoms with E-state index in [0.29, 0.717) is 5.92 Å². The third-order valence-corrected chi connectivity index (χ3v) is 2.49. The van der Waals surface area contributed by atoms with E-state index >= 15 is 0 Å². The number of hydrogen-bond donors (Lipinski definition) is 0. The minimum Gasteiger partial charge on any atom is -0.376 e. The van der Waals surface area contributed by atoms with E-state index in [1.807, 2.05) is 6.20 Å². The molecule has 2 rings (SSSR count). The van der Waals surface area contributed by atoms with E-state index in [0.717, 1.165) is 19.6 Å². The molecule has 1 aliphatic rings. The molecule has 0 saturated carbocycles. The number of fused-ring (bicyclic) bond motifs is 1. The molecule has 1 aromatic heterocycles. The van der Waals surface area contributed by atoms with E-state index < -0.39 is 0 Å². The first-order chi connectivity index (χ1) is 6.29. The minimum absolute atomic E-state index is 0.521. The van der Waals surface area contributed by atoms with Gasteiger partial charge in [0, 0.05) is 11.9 Å². The van der Waals surface area contributed by atoms with Crippen LogP contribution in [0.25, 0.3) is 0 Å². The summed E-state index contributed by atoms with van der Waals surface area (Å²) >= 11 is 0. The predicted octanol–water partition coefficient (Wildman–Crippen LogP) is 2.28. The van der Waals surface area contributed by atoms with Gasteiger partial charge in [-0.05, 0) is 29.5 Å². The second kappa shape index (κ2) is 3.46. The molecule has 13 heavy (non-hydrogen) atoms. The summed E-state index contributed by atoms with van der Waals surface area (Å²) in [6.45, 7) is 5.99.